The van der Waals surface area contributed by atoms with Crippen molar-refractivity contribution in [3.05, 3.63) is 46.9 Å². The molecule has 3 heterocycles. The number of amides is 2. The van der Waals surface area contributed by atoms with E-state index in [4.69, 9.17) is 14.7 Å². The molecule has 0 spiro atoms. The number of rotatable bonds is 6. The molecule has 2 aliphatic heterocycles. The number of likely N-dealkylation sites (tertiary alicyclic amines) is 1. The van der Waals surface area contributed by atoms with E-state index in [-0.39, 0.29) is 17.7 Å². The SMILES string of the molecule is COc1ccc(CN2C(=O)Cc3c(C)nc(C4CCN(C(=O)CC(C)C)C4)nc32)cc1. The van der Waals surface area contributed by atoms with Gasteiger partial charge in [0.25, 0.3) is 0 Å². The number of carbonyl (C=O) groups is 2. The van der Waals surface area contributed by atoms with Gasteiger partial charge in [0, 0.05) is 36.7 Å². The van der Waals surface area contributed by atoms with Gasteiger partial charge in [-0.3, -0.25) is 14.5 Å². The summed E-state index contributed by atoms with van der Waals surface area (Å²) < 4.78 is 5.22. The average molecular weight is 423 g/mol. The first-order chi connectivity index (χ1) is 14.9. The first-order valence-corrected chi connectivity index (χ1v) is 10.9. The lowest BCUT2D eigenvalue weighted by atomic mass is 10.1. The van der Waals surface area contributed by atoms with Gasteiger partial charge in [-0.1, -0.05) is 26.0 Å². The zero-order chi connectivity index (χ0) is 22.1. The summed E-state index contributed by atoms with van der Waals surface area (Å²) in [6.07, 6.45) is 1.76. The van der Waals surface area contributed by atoms with E-state index in [2.05, 4.69) is 13.8 Å². The molecule has 4 rings (SSSR count). The Labute approximate surface area is 183 Å². The molecular formula is C24H30N4O3. The Balaban J connectivity index is 1.55. The van der Waals surface area contributed by atoms with Crippen LogP contribution in [-0.4, -0.2) is 46.9 Å². The monoisotopic (exact) mass is 422 g/mol. The first-order valence-electron chi connectivity index (χ1n) is 10.9. The summed E-state index contributed by atoms with van der Waals surface area (Å²) in [4.78, 5) is 38.5. The highest BCUT2D eigenvalue weighted by Gasteiger charge is 2.34. The van der Waals surface area contributed by atoms with Gasteiger partial charge >= 0.3 is 0 Å². The van der Waals surface area contributed by atoms with Crippen LogP contribution in [0.3, 0.4) is 0 Å². The summed E-state index contributed by atoms with van der Waals surface area (Å²) in [5.74, 6) is 2.95. The molecule has 1 atom stereocenters. The van der Waals surface area contributed by atoms with Gasteiger partial charge in [0.2, 0.25) is 11.8 Å². The third-order valence-electron chi connectivity index (χ3n) is 6.08. The molecule has 2 amide bonds. The number of aromatic nitrogens is 2. The summed E-state index contributed by atoms with van der Waals surface area (Å²) in [6.45, 7) is 7.93. The number of anilines is 1. The minimum Gasteiger partial charge on any atom is -0.497 e. The Bertz CT molecular complexity index is 987. The summed E-state index contributed by atoms with van der Waals surface area (Å²) in [7, 11) is 1.64. The average Bonchev–Trinajstić information content (AvgIpc) is 3.34. The molecule has 1 aromatic heterocycles. The quantitative estimate of drug-likeness (QED) is 0.714. The molecule has 0 aliphatic carbocycles. The van der Waals surface area contributed by atoms with Gasteiger partial charge in [-0.05, 0) is 37.0 Å². The Morgan fingerprint density at radius 2 is 1.97 bits per heavy atom. The van der Waals surface area contributed by atoms with Gasteiger partial charge in [0.15, 0.2) is 0 Å². The summed E-state index contributed by atoms with van der Waals surface area (Å²) in [5.41, 5.74) is 2.79. The van der Waals surface area contributed by atoms with Crippen LogP contribution < -0.4 is 9.64 Å². The molecule has 2 aromatic rings. The number of carbonyl (C=O) groups excluding carboxylic acids is 2. The summed E-state index contributed by atoms with van der Waals surface area (Å²) >= 11 is 0. The van der Waals surface area contributed by atoms with Crippen molar-refractivity contribution in [3.63, 3.8) is 0 Å². The van der Waals surface area contributed by atoms with Crippen molar-refractivity contribution in [1.82, 2.24) is 14.9 Å². The van der Waals surface area contributed by atoms with Crippen LogP contribution in [0, 0.1) is 12.8 Å². The standard InChI is InChI=1S/C24H30N4O3/c1-15(2)11-21(29)27-10-9-18(14-27)23-25-16(3)20-12-22(30)28(24(20)26-23)13-17-5-7-19(31-4)8-6-17/h5-8,15,18H,9-14H2,1-4H3. The van der Waals surface area contributed by atoms with Crippen molar-refractivity contribution in [2.24, 2.45) is 5.92 Å². The highest BCUT2D eigenvalue weighted by atomic mass is 16.5. The molecular weight excluding hydrogens is 392 g/mol. The summed E-state index contributed by atoms with van der Waals surface area (Å²) in [6, 6.07) is 7.73. The number of benzene rings is 1. The van der Waals surface area contributed by atoms with Crippen molar-refractivity contribution in [3.8, 4) is 5.75 Å². The zero-order valence-corrected chi connectivity index (χ0v) is 18.7. The van der Waals surface area contributed by atoms with Crippen LogP contribution in [0.2, 0.25) is 0 Å². The molecule has 0 bridgehead atoms. The van der Waals surface area contributed by atoms with E-state index < -0.39 is 0 Å². The predicted molar refractivity (Wildman–Crippen MR) is 118 cm³/mol. The molecule has 0 saturated carbocycles. The van der Waals surface area contributed by atoms with Crippen molar-refractivity contribution in [2.45, 2.75) is 52.5 Å². The second-order valence-corrected chi connectivity index (χ2v) is 8.90. The van der Waals surface area contributed by atoms with E-state index in [1.807, 2.05) is 36.1 Å². The number of ether oxygens (including phenoxy) is 1. The molecule has 1 saturated heterocycles. The van der Waals surface area contributed by atoms with Crippen LogP contribution in [0.15, 0.2) is 24.3 Å². The molecule has 2 aliphatic rings. The highest BCUT2D eigenvalue weighted by Crippen LogP contribution is 2.34. The van der Waals surface area contributed by atoms with E-state index >= 15 is 0 Å². The maximum Gasteiger partial charge on any atom is 0.233 e. The number of methoxy groups -OCH3 is 1. The zero-order valence-electron chi connectivity index (χ0n) is 18.7. The normalized spacial score (nSPS) is 18.1. The lowest BCUT2D eigenvalue weighted by molar-refractivity contribution is -0.130. The fourth-order valence-corrected chi connectivity index (χ4v) is 4.33. The van der Waals surface area contributed by atoms with Crippen LogP contribution in [0.5, 0.6) is 5.75 Å². The van der Waals surface area contributed by atoms with Crippen LogP contribution in [0.4, 0.5) is 5.82 Å². The van der Waals surface area contributed by atoms with E-state index in [0.717, 1.165) is 47.2 Å². The molecule has 1 aromatic carbocycles. The third kappa shape index (κ3) is 4.40. The van der Waals surface area contributed by atoms with Crippen LogP contribution in [-0.2, 0) is 22.6 Å². The van der Waals surface area contributed by atoms with Gasteiger partial charge in [-0.2, -0.15) is 0 Å². The second-order valence-electron chi connectivity index (χ2n) is 8.90. The Hall–Kier alpha value is -2.96. The first kappa shape index (κ1) is 21.3. The number of fused-ring (bicyclic) bond motifs is 1. The highest BCUT2D eigenvalue weighted by molar-refractivity contribution is 6.00. The number of hydrogen-bond acceptors (Lipinski definition) is 5. The topological polar surface area (TPSA) is 75.6 Å². The Morgan fingerprint density at radius 1 is 1.23 bits per heavy atom. The van der Waals surface area contributed by atoms with Crippen molar-refractivity contribution in [2.75, 3.05) is 25.1 Å². The molecule has 7 heteroatoms. The molecule has 1 unspecified atom stereocenters. The molecule has 164 valence electrons. The molecule has 0 radical (unpaired) electrons. The molecule has 31 heavy (non-hydrogen) atoms. The minimum absolute atomic E-state index is 0.0422. The van der Waals surface area contributed by atoms with Gasteiger partial charge in [0.1, 0.15) is 17.4 Å². The van der Waals surface area contributed by atoms with Gasteiger partial charge in [-0.15, -0.1) is 0 Å². The van der Waals surface area contributed by atoms with Gasteiger partial charge in [0.05, 0.1) is 20.1 Å². The van der Waals surface area contributed by atoms with E-state index in [9.17, 15) is 9.59 Å². The van der Waals surface area contributed by atoms with E-state index in [0.29, 0.717) is 31.8 Å². The minimum atomic E-state index is 0.0422. The van der Waals surface area contributed by atoms with E-state index in [1.165, 1.54) is 0 Å². The lowest BCUT2D eigenvalue weighted by Crippen LogP contribution is -2.29. The van der Waals surface area contributed by atoms with Crippen LogP contribution in [0.25, 0.3) is 0 Å². The largest absolute Gasteiger partial charge is 0.497 e. The molecule has 7 nitrogen and oxygen atoms in total. The number of nitrogens with zero attached hydrogens (tertiary/aromatic N) is 4. The van der Waals surface area contributed by atoms with Crippen LogP contribution >= 0.6 is 0 Å². The van der Waals surface area contributed by atoms with Crippen molar-refractivity contribution < 1.29 is 14.3 Å². The van der Waals surface area contributed by atoms with Gasteiger partial charge in [-0.25, -0.2) is 9.97 Å². The van der Waals surface area contributed by atoms with Crippen LogP contribution in [0.1, 0.15) is 55.3 Å². The number of hydrogen-bond donors (Lipinski definition) is 0. The van der Waals surface area contributed by atoms with Gasteiger partial charge < -0.3 is 9.64 Å². The number of aryl methyl sites for hydroxylation is 1. The predicted octanol–water partition coefficient (Wildman–Crippen LogP) is 3.24. The lowest BCUT2D eigenvalue weighted by Gasteiger charge is -2.20. The maximum atomic E-state index is 12.8. The summed E-state index contributed by atoms with van der Waals surface area (Å²) in [5, 5.41) is 0. The molecule has 0 N–H and O–H groups in total. The smallest absolute Gasteiger partial charge is 0.233 e. The second kappa shape index (κ2) is 8.65. The fraction of sp³-hybridized carbons (Fsp3) is 0.500. The Morgan fingerprint density at radius 3 is 2.65 bits per heavy atom. The maximum absolute atomic E-state index is 12.8. The fourth-order valence-electron chi connectivity index (χ4n) is 4.33. The third-order valence-corrected chi connectivity index (χ3v) is 6.08. The Kier molecular flexibility index (Phi) is 5.94. The van der Waals surface area contributed by atoms with Crippen molar-refractivity contribution in [1.29, 1.82) is 0 Å². The molecule has 1 fully saturated rings. The van der Waals surface area contributed by atoms with Crippen molar-refractivity contribution >= 4 is 17.6 Å². The van der Waals surface area contributed by atoms with E-state index in [1.54, 1.807) is 12.0 Å².